The average molecular weight is 282 g/mol. The van der Waals surface area contributed by atoms with E-state index in [4.69, 9.17) is 4.52 Å². The highest BCUT2D eigenvalue weighted by Crippen LogP contribution is 2.21. The minimum atomic E-state index is 0.171. The van der Waals surface area contributed by atoms with Crippen LogP contribution in [0.3, 0.4) is 0 Å². The molecule has 0 bridgehead atoms. The van der Waals surface area contributed by atoms with Gasteiger partial charge in [0.25, 0.3) is 0 Å². The maximum absolute atomic E-state index is 5.37. The zero-order valence-electron chi connectivity index (χ0n) is 13.9. The van der Waals surface area contributed by atoms with Crippen molar-refractivity contribution in [3.05, 3.63) is 11.7 Å². The lowest BCUT2D eigenvalue weighted by molar-refractivity contribution is 0.254. The molecule has 116 valence electrons. The Hall–Kier alpha value is -0.940. The molecule has 0 saturated carbocycles. The first-order chi connectivity index (χ1) is 9.40. The van der Waals surface area contributed by atoms with Crippen molar-refractivity contribution in [3.63, 3.8) is 0 Å². The van der Waals surface area contributed by atoms with Gasteiger partial charge in [0.1, 0.15) is 0 Å². The zero-order valence-corrected chi connectivity index (χ0v) is 13.9. The molecule has 1 heterocycles. The summed E-state index contributed by atoms with van der Waals surface area (Å²) in [4.78, 5) is 6.87. The van der Waals surface area contributed by atoms with E-state index in [9.17, 15) is 0 Å². The molecule has 0 aromatic carbocycles. The Bertz CT molecular complexity index is 379. The Morgan fingerprint density at radius 2 is 1.90 bits per heavy atom. The van der Waals surface area contributed by atoms with Crippen molar-refractivity contribution < 1.29 is 4.52 Å². The Morgan fingerprint density at radius 3 is 2.40 bits per heavy atom. The third-order valence-electron chi connectivity index (χ3n) is 3.83. The monoisotopic (exact) mass is 282 g/mol. The minimum Gasteiger partial charge on any atom is -0.339 e. The van der Waals surface area contributed by atoms with E-state index in [-0.39, 0.29) is 5.41 Å². The van der Waals surface area contributed by atoms with Crippen LogP contribution in [0.25, 0.3) is 0 Å². The van der Waals surface area contributed by atoms with E-state index in [1.807, 2.05) is 7.05 Å². The van der Waals surface area contributed by atoms with E-state index < -0.39 is 0 Å². The highest BCUT2D eigenvalue weighted by Gasteiger charge is 2.25. The summed E-state index contributed by atoms with van der Waals surface area (Å²) < 4.78 is 5.37. The Morgan fingerprint density at radius 1 is 1.25 bits per heavy atom. The smallest absolute Gasteiger partial charge is 0.228 e. The van der Waals surface area contributed by atoms with Gasteiger partial charge in [-0.2, -0.15) is 4.98 Å². The molecule has 0 radical (unpaired) electrons. The van der Waals surface area contributed by atoms with Gasteiger partial charge < -0.3 is 14.7 Å². The van der Waals surface area contributed by atoms with Gasteiger partial charge >= 0.3 is 0 Å². The van der Waals surface area contributed by atoms with Gasteiger partial charge in [0.05, 0.1) is 0 Å². The first kappa shape index (κ1) is 17.1. The summed E-state index contributed by atoms with van der Waals surface area (Å²) >= 11 is 0. The third kappa shape index (κ3) is 5.21. The lowest BCUT2D eigenvalue weighted by Gasteiger charge is -2.29. The van der Waals surface area contributed by atoms with Gasteiger partial charge in [0, 0.05) is 25.4 Å². The molecule has 20 heavy (non-hydrogen) atoms. The molecular weight excluding hydrogens is 252 g/mol. The summed E-state index contributed by atoms with van der Waals surface area (Å²) in [6, 6.07) is 0.332. The molecular formula is C15H30N4O. The Kier molecular flexibility index (Phi) is 6.62. The maximum Gasteiger partial charge on any atom is 0.228 e. The Balaban J connectivity index is 2.54. The number of aromatic nitrogens is 2. The average Bonchev–Trinajstić information content (AvgIpc) is 2.83. The van der Waals surface area contributed by atoms with Crippen LogP contribution in [0.15, 0.2) is 4.52 Å². The third-order valence-corrected chi connectivity index (χ3v) is 3.83. The van der Waals surface area contributed by atoms with Gasteiger partial charge in [-0.05, 0) is 25.6 Å². The zero-order chi connectivity index (χ0) is 15.2. The van der Waals surface area contributed by atoms with Gasteiger partial charge in [-0.1, -0.05) is 39.8 Å². The number of likely N-dealkylation sites (N-methyl/N-ethyl adjacent to an activating group) is 2. The number of rotatable bonds is 8. The lowest BCUT2D eigenvalue weighted by Crippen LogP contribution is -2.39. The molecule has 5 nitrogen and oxygen atoms in total. The largest absolute Gasteiger partial charge is 0.339 e. The van der Waals surface area contributed by atoms with Gasteiger partial charge in [0.2, 0.25) is 5.89 Å². The molecule has 0 saturated heterocycles. The van der Waals surface area contributed by atoms with Gasteiger partial charge in [0.15, 0.2) is 5.82 Å². The summed E-state index contributed by atoms with van der Waals surface area (Å²) in [6.45, 7) is 14.1. The molecule has 1 N–H and O–H groups in total. The summed E-state index contributed by atoms with van der Waals surface area (Å²) in [5.74, 6) is 1.55. The van der Waals surface area contributed by atoms with Crippen LogP contribution in [0.2, 0.25) is 0 Å². The van der Waals surface area contributed by atoms with Crippen LogP contribution in [0.1, 0.15) is 46.3 Å². The van der Waals surface area contributed by atoms with Gasteiger partial charge in [-0.15, -0.1) is 0 Å². The molecule has 0 fully saturated rings. The van der Waals surface area contributed by atoms with Crippen LogP contribution in [-0.2, 0) is 12.8 Å². The van der Waals surface area contributed by atoms with E-state index in [1.165, 1.54) is 0 Å². The SMILES string of the molecule is CCN(CC)CCc1noc(CC(NC)C(C)(C)C)n1. The van der Waals surface area contributed by atoms with Crippen molar-refractivity contribution in [1.29, 1.82) is 0 Å². The lowest BCUT2D eigenvalue weighted by atomic mass is 9.85. The summed E-state index contributed by atoms with van der Waals surface area (Å²) in [5, 5.41) is 7.42. The molecule has 1 atom stereocenters. The van der Waals surface area contributed by atoms with E-state index in [1.54, 1.807) is 0 Å². The topological polar surface area (TPSA) is 54.2 Å². The molecule has 0 spiro atoms. The second-order valence-electron chi connectivity index (χ2n) is 6.29. The molecule has 0 amide bonds. The van der Waals surface area contributed by atoms with Crippen LogP contribution in [0.4, 0.5) is 0 Å². The molecule has 5 heteroatoms. The molecule has 0 aliphatic rings. The summed E-state index contributed by atoms with van der Waals surface area (Å²) in [6.07, 6.45) is 1.63. The first-order valence-electron chi connectivity index (χ1n) is 7.61. The molecule has 1 aromatic rings. The van der Waals surface area contributed by atoms with Gasteiger partial charge in [-0.25, -0.2) is 0 Å². The quantitative estimate of drug-likeness (QED) is 0.791. The van der Waals surface area contributed by atoms with Crippen molar-refractivity contribution in [2.75, 3.05) is 26.7 Å². The molecule has 1 rings (SSSR count). The Labute approximate surface area is 123 Å². The number of nitrogens with one attached hydrogen (secondary N) is 1. The number of hydrogen-bond donors (Lipinski definition) is 1. The second kappa shape index (κ2) is 7.74. The predicted molar refractivity (Wildman–Crippen MR) is 81.8 cm³/mol. The molecule has 0 aliphatic heterocycles. The van der Waals surface area contributed by atoms with Crippen molar-refractivity contribution in [2.45, 2.75) is 53.5 Å². The van der Waals surface area contributed by atoms with Crippen LogP contribution < -0.4 is 5.32 Å². The summed E-state index contributed by atoms with van der Waals surface area (Å²) in [7, 11) is 1.98. The normalized spacial score (nSPS) is 13.9. The van der Waals surface area contributed by atoms with E-state index in [2.05, 4.69) is 55.0 Å². The second-order valence-corrected chi connectivity index (χ2v) is 6.29. The van der Waals surface area contributed by atoms with Crippen molar-refractivity contribution >= 4 is 0 Å². The van der Waals surface area contributed by atoms with E-state index >= 15 is 0 Å². The van der Waals surface area contributed by atoms with Crippen LogP contribution in [0, 0.1) is 5.41 Å². The van der Waals surface area contributed by atoms with E-state index in [0.29, 0.717) is 6.04 Å². The highest BCUT2D eigenvalue weighted by atomic mass is 16.5. The van der Waals surface area contributed by atoms with Gasteiger partial charge in [-0.3, -0.25) is 0 Å². The highest BCUT2D eigenvalue weighted by molar-refractivity contribution is 4.93. The number of nitrogens with zero attached hydrogens (tertiary/aromatic N) is 3. The van der Waals surface area contributed by atoms with Crippen molar-refractivity contribution in [2.24, 2.45) is 5.41 Å². The fraction of sp³-hybridized carbons (Fsp3) is 0.867. The minimum absolute atomic E-state index is 0.171. The van der Waals surface area contributed by atoms with Crippen LogP contribution in [-0.4, -0.2) is 47.8 Å². The fourth-order valence-electron chi connectivity index (χ4n) is 2.29. The first-order valence-corrected chi connectivity index (χ1v) is 7.61. The fourth-order valence-corrected chi connectivity index (χ4v) is 2.29. The number of hydrogen-bond acceptors (Lipinski definition) is 5. The van der Waals surface area contributed by atoms with Crippen LogP contribution >= 0.6 is 0 Å². The van der Waals surface area contributed by atoms with E-state index in [0.717, 1.165) is 44.2 Å². The predicted octanol–water partition coefficient (Wildman–Crippen LogP) is 2.13. The molecule has 0 aliphatic carbocycles. The standard InChI is InChI=1S/C15H30N4O/c1-7-19(8-2)10-9-13-17-14(20-18-13)11-12(16-6)15(3,4)5/h12,16H,7-11H2,1-6H3. The van der Waals surface area contributed by atoms with Crippen LogP contribution in [0.5, 0.6) is 0 Å². The van der Waals surface area contributed by atoms with Crippen molar-refractivity contribution in [3.8, 4) is 0 Å². The molecule has 1 aromatic heterocycles. The van der Waals surface area contributed by atoms with Crippen molar-refractivity contribution in [1.82, 2.24) is 20.4 Å². The maximum atomic E-state index is 5.37. The molecule has 1 unspecified atom stereocenters. The summed E-state index contributed by atoms with van der Waals surface area (Å²) in [5.41, 5.74) is 0.171.